The van der Waals surface area contributed by atoms with Crippen molar-refractivity contribution in [2.24, 2.45) is 0 Å². The van der Waals surface area contributed by atoms with E-state index in [0.29, 0.717) is 30.2 Å². The van der Waals surface area contributed by atoms with Crippen LogP contribution in [0.4, 0.5) is 10.5 Å². The smallest absolute Gasteiger partial charge is 0.319 e. The molecule has 1 atom stereocenters. The van der Waals surface area contributed by atoms with E-state index >= 15 is 0 Å². The van der Waals surface area contributed by atoms with Crippen molar-refractivity contribution in [1.29, 1.82) is 0 Å². The second kappa shape index (κ2) is 7.51. The van der Waals surface area contributed by atoms with Gasteiger partial charge in [0.05, 0.1) is 11.5 Å². The highest BCUT2D eigenvalue weighted by Crippen LogP contribution is 2.20. The van der Waals surface area contributed by atoms with Gasteiger partial charge in [0.2, 0.25) is 0 Å². The van der Waals surface area contributed by atoms with Gasteiger partial charge in [0.15, 0.2) is 9.84 Å². The first-order valence-corrected chi connectivity index (χ1v) is 9.65. The lowest BCUT2D eigenvalue weighted by Crippen LogP contribution is -2.46. The average Bonchev–Trinajstić information content (AvgIpc) is 2.78. The van der Waals surface area contributed by atoms with Crippen molar-refractivity contribution >= 4 is 33.2 Å². The molecule has 1 saturated heterocycles. The zero-order valence-corrected chi connectivity index (χ0v) is 14.9. The summed E-state index contributed by atoms with van der Waals surface area (Å²) in [6.07, 6.45) is 0.485. The van der Waals surface area contributed by atoms with E-state index in [1.165, 1.54) is 0 Å². The normalized spacial score (nSPS) is 19.7. The number of hydrogen-bond donors (Lipinski definition) is 1. The molecule has 1 aliphatic rings. The van der Waals surface area contributed by atoms with Gasteiger partial charge in [-0.2, -0.15) is 0 Å². The zero-order chi connectivity index (χ0) is 17.0. The molecule has 0 aliphatic carbocycles. The Bertz CT molecular complexity index is 664. The highest BCUT2D eigenvalue weighted by atomic mass is 35.5. The molecule has 1 aromatic carbocycles. The van der Waals surface area contributed by atoms with Crippen LogP contribution in [0.2, 0.25) is 5.02 Å². The van der Waals surface area contributed by atoms with Gasteiger partial charge in [-0.1, -0.05) is 17.7 Å². The van der Waals surface area contributed by atoms with Gasteiger partial charge in [0.25, 0.3) is 0 Å². The van der Waals surface area contributed by atoms with E-state index in [2.05, 4.69) is 5.32 Å². The van der Waals surface area contributed by atoms with Crippen molar-refractivity contribution in [3.8, 4) is 0 Å². The van der Waals surface area contributed by atoms with Crippen LogP contribution < -0.4 is 5.32 Å². The summed E-state index contributed by atoms with van der Waals surface area (Å²) in [5.74, 6) is 0.171. The predicted molar refractivity (Wildman–Crippen MR) is 92.8 cm³/mol. The lowest BCUT2D eigenvalue weighted by Gasteiger charge is -2.29. The number of nitrogens with one attached hydrogen (secondary N) is 1. The number of halogens is 1. The van der Waals surface area contributed by atoms with Crippen LogP contribution in [0.1, 0.15) is 6.42 Å². The quantitative estimate of drug-likeness (QED) is 0.872. The number of amides is 2. The van der Waals surface area contributed by atoms with Crippen LogP contribution in [0.15, 0.2) is 24.3 Å². The molecule has 0 aromatic heterocycles. The molecule has 0 radical (unpaired) electrons. The van der Waals surface area contributed by atoms with Crippen LogP contribution in [-0.2, 0) is 9.84 Å². The van der Waals surface area contributed by atoms with Gasteiger partial charge in [0.1, 0.15) is 0 Å². The maximum absolute atomic E-state index is 12.6. The molecule has 1 N–H and O–H groups in total. The summed E-state index contributed by atoms with van der Waals surface area (Å²) in [6.45, 7) is 1.14. The van der Waals surface area contributed by atoms with Gasteiger partial charge >= 0.3 is 6.03 Å². The van der Waals surface area contributed by atoms with E-state index in [9.17, 15) is 13.2 Å². The molecule has 1 aliphatic heterocycles. The lowest BCUT2D eigenvalue weighted by molar-refractivity contribution is 0.186. The third kappa shape index (κ3) is 5.37. The molecule has 128 valence electrons. The first kappa shape index (κ1) is 18.0. The number of urea groups is 1. The van der Waals surface area contributed by atoms with Crippen LogP contribution >= 0.6 is 11.6 Å². The van der Waals surface area contributed by atoms with E-state index in [0.717, 1.165) is 0 Å². The number of carbonyl (C=O) groups is 1. The van der Waals surface area contributed by atoms with Crippen molar-refractivity contribution in [2.45, 2.75) is 12.5 Å². The van der Waals surface area contributed by atoms with Gasteiger partial charge in [-0.25, -0.2) is 13.2 Å². The van der Waals surface area contributed by atoms with E-state index < -0.39 is 9.84 Å². The van der Waals surface area contributed by atoms with Gasteiger partial charge in [-0.3, -0.25) is 0 Å². The number of nitrogens with zero attached hydrogens (tertiary/aromatic N) is 2. The molecule has 0 spiro atoms. The Labute approximate surface area is 142 Å². The van der Waals surface area contributed by atoms with Crippen molar-refractivity contribution in [1.82, 2.24) is 9.80 Å². The zero-order valence-electron chi connectivity index (χ0n) is 13.3. The van der Waals surface area contributed by atoms with Gasteiger partial charge in [0, 0.05) is 29.8 Å². The predicted octanol–water partition coefficient (Wildman–Crippen LogP) is 1.92. The largest absolute Gasteiger partial charge is 0.322 e. The standard InChI is InChI=1S/C15H22ClN3O3S/c1-18(2)7-8-19(14-6-9-23(21,22)11-14)15(20)17-13-5-3-4-12(16)10-13/h3-5,10,14H,6-9,11H2,1-2H3,(H,17,20). The number of carbonyl (C=O) groups excluding carboxylic acids is 1. The maximum Gasteiger partial charge on any atom is 0.322 e. The van der Waals surface area contributed by atoms with E-state index in [1.807, 2.05) is 19.0 Å². The molecular formula is C15H22ClN3O3S. The number of benzene rings is 1. The van der Waals surface area contributed by atoms with Crippen LogP contribution in [0.25, 0.3) is 0 Å². The number of likely N-dealkylation sites (N-methyl/N-ethyl adjacent to an activating group) is 1. The summed E-state index contributed by atoms with van der Waals surface area (Å²) < 4.78 is 23.4. The maximum atomic E-state index is 12.6. The third-order valence-electron chi connectivity index (χ3n) is 3.77. The van der Waals surface area contributed by atoms with Crippen LogP contribution in [0.3, 0.4) is 0 Å². The second-order valence-electron chi connectivity index (χ2n) is 5.99. The van der Waals surface area contributed by atoms with Crippen LogP contribution in [0.5, 0.6) is 0 Å². The fourth-order valence-electron chi connectivity index (χ4n) is 2.54. The second-order valence-corrected chi connectivity index (χ2v) is 8.66. The highest BCUT2D eigenvalue weighted by Gasteiger charge is 2.34. The molecule has 6 nitrogen and oxygen atoms in total. The number of anilines is 1. The fraction of sp³-hybridized carbons (Fsp3) is 0.533. The summed E-state index contributed by atoms with van der Waals surface area (Å²) in [7, 11) is 0.782. The topological polar surface area (TPSA) is 69.7 Å². The lowest BCUT2D eigenvalue weighted by atomic mass is 10.2. The van der Waals surface area contributed by atoms with Crippen LogP contribution in [0, 0.1) is 0 Å². The minimum atomic E-state index is -3.05. The molecule has 1 heterocycles. The van der Waals surface area contributed by atoms with Crippen LogP contribution in [-0.4, -0.2) is 69.0 Å². The van der Waals surface area contributed by atoms with Gasteiger partial charge in [-0.15, -0.1) is 0 Å². The fourth-order valence-corrected chi connectivity index (χ4v) is 4.46. The minimum Gasteiger partial charge on any atom is -0.319 e. The molecule has 0 bridgehead atoms. The van der Waals surface area contributed by atoms with Gasteiger partial charge < -0.3 is 15.1 Å². The van der Waals surface area contributed by atoms with Crippen molar-refractivity contribution in [3.05, 3.63) is 29.3 Å². The average molecular weight is 360 g/mol. The molecular weight excluding hydrogens is 338 g/mol. The third-order valence-corrected chi connectivity index (χ3v) is 5.76. The Morgan fingerprint density at radius 1 is 1.35 bits per heavy atom. The van der Waals surface area contributed by atoms with Gasteiger partial charge in [-0.05, 0) is 38.7 Å². The molecule has 23 heavy (non-hydrogen) atoms. The number of hydrogen-bond acceptors (Lipinski definition) is 4. The molecule has 8 heteroatoms. The summed E-state index contributed by atoms with van der Waals surface area (Å²) in [4.78, 5) is 16.2. The molecule has 1 aromatic rings. The molecule has 2 rings (SSSR count). The van der Waals surface area contributed by atoms with E-state index in [-0.39, 0.29) is 23.6 Å². The molecule has 0 saturated carbocycles. The Morgan fingerprint density at radius 3 is 2.65 bits per heavy atom. The summed E-state index contributed by atoms with van der Waals surface area (Å²) >= 11 is 5.92. The summed E-state index contributed by atoms with van der Waals surface area (Å²) in [5.41, 5.74) is 0.596. The highest BCUT2D eigenvalue weighted by molar-refractivity contribution is 7.91. The number of sulfone groups is 1. The number of rotatable bonds is 5. The monoisotopic (exact) mass is 359 g/mol. The Kier molecular flexibility index (Phi) is 5.89. The van der Waals surface area contributed by atoms with E-state index in [1.54, 1.807) is 29.2 Å². The van der Waals surface area contributed by atoms with E-state index in [4.69, 9.17) is 11.6 Å². The Balaban J connectivity index is 2.10. The molecule has 1 fully saturated rings. The molecule has 2 amide bonds. The van der Waals surface area contributed by atoms with Crippen molar-refractivity contribution in [2.75, 3.05) is 44.0 Å². The summed E-state index contributed by atoms with van der Waals surface area (Å²) in [5, 5.41) is 3.33. The first-order chi connectivity index (χ1) is 10.8. The Morgan fingerprint density at radius 2 is 2.09 bits per heavy atom. The van der Waals surface area contributed by atoms with Crippen molar-refractivity contribution in [3.63, 3.8) is 0 Å². The Hall–Kier alpha value is -1.31. The van der Waals surface area contributed by atoms with Crippen molar-refractivity contribution < 1.29 is 13.2 Å². The summed E-state index contributed by atoms with van der Waals surface area (Å²) in [6, 6.07) is 6.32. The molecule has 1 unspecified atom stereocenters. The SMILES string of the molecule is CN(C)CCN(C(=O)Nc1cccc(Cl)c1)C1CCS(=O)(=O)C1. The first-order valence-electron chi connectivity index (χ1n) is 7.45. The minimum absolute atomic E-state index is 0.0311.